The van der Waals surface area contributed by atoms with Crippen molar-refractivity contribution in [3.63, 3.8) is 0 Å². The molecule has 0 unspecified atom stereocenters. The van der Waals surface area contributed by atoms with E-state index in [9.17, 15) is 0 Å². The first-order valence-corrected chi connectivity index (χ1v) is 2.65. The molecule has 0 bridgehead atoms. The van der Waals surface area contributed by atoms with E-state index in [4.69, 9.17) is 0 Å². The predicted octanol–water partition coefficient (Wildman–Crippen LogP) is 0.491. The molecule has 0 spiro atoms. The van der Waals surface area contributed by atoms with E-state index in [1.807, 2.05) is 20.6 Å². The second-order valence-electron chi connectivity index (χ2n) is 1.55. The van der Waals surface area contributed by atoms with Crippen molar-refractivity contribution in [2.45, 2.75) is 6.42 Å². The van der Waals surface area contributed by atoms with Gasteiger partial charge in [0.2, 0.25) is 0 Å². The SMILES string of the molecule is C=C(C[CH]NC)NC. The van der Waals surface area contributed by atoms with Crippen molar-refractivity contribution in [2.75, 3.05) is 14.1 Å². The summed E-state index contributed by atoms with van der Waals surface area (Å²) in [5.41, 5.74) is 1.03. The Labute approximate surface area is 51.0 Å². The van der Waals surface area contributed by atoms with Gasteiger partial charge in [-0.05, 0) is 7.05 Å². The minimum atomic E-state index is 0.882. The molecule has 0 amide bonds. The van der Waals surface area contributed by atoms with Crippen LogP contribution in [0.15, 0.2) is 12.3 Å². The number of hydrogen-bond donors (Lipinski definition) is 2. The Morgan fingerprint density at radius 3 is 2.62 bits per heavy atom. The fourth-order valence-electron chi connectivity index (χ4n) is 0.327. The van der Waals surface area contributed by atoms with Gasteiger partial charge in [0, 0.05) is 25.7 Å². The average Bonchev–Trinajstić information content (AvgIpc) is 1.83. The second kappa shape index (κ2) is 4.65. The van der Waals surface area contributed by atoms with Crippen LogP contribution in [0.5, 0.6) is 0 Å². The molecular weight excluding hydrogens is 100 g/mol. The molecule has 0 saturated carbocycles. The fraction of sp³-hybridized carbons (Fsp3) is 0.500. The van der Waals surface area contributed by atoms with E-state index in [1.54, 1.807) is 0 Å². The summed E-state index contributed by atoms with van der Waals surface area (Å²) in [5.74, 6) is 0. The van der Waals surface area contributed by atoms with Crippen molar-refractivity contribution < 1.29 is 0 Å². The predicted molar refractivity (Wildman–Crippen MR) is 36.2 cm³/mol. The first-order valence-electron chi connectivity index (χ1n) is 2.65. The summed E-state index contributed by atoms with van der Waals surface area (Å²) in [6.07, 6.45) is 0.882. The molecule has 2 heteroatoms. The summed E-state index contributed by atoms with van der Waals surface area (Å²) in [6, 6.07) is 0. The fourth-order valence-corrected chi connectivity index (χ4v) is 0.327. The van der Waals surface area contributed by atoms with E-state index < -0.39 is 0 Å². The van der Waals surface area contributed by atoms with E-state index >= 15 is 0 Å². The summed E-state index contributed by atoms with van der Waals surface area (Å²) in [5, 5.41) is 5.84. The van der Waals surface area contributed by atoms with Crippen molar-refractivity contribution in [1.82, 2.24) is 10.6 Å². The van der Waals surface area contributed by atoms with Crippen molar-refractivity contribution >= 4 is 0 Å². The summed E-state index contributed by atoms with van der Waals surface area (Å²) < 4.78 is 0. The minimum absolute atomic E-state index is 0.882. The summed E-state index contributed by atoms with van der Waals surface area (Å²) >= 11 is 0. The van der Waals surface area contributed by atoms with Gasteiger partial charge in [-0.1, -0.05) is 6.58 Å². The third-order valence-corrected chi connectivity index (χ3v) is 0.906. The van der Waals surface area contributed by atoms with Crippen molar-refractivity contribution in [3.8, 4) is 0 Å². The molecule has 0 fully saturated rings. The van der Waals surface area contributed by atoms with Gasteiger partial charge in [0.1, 0.15) is 0 Å². The highest BCUT2D eigenvalue weighted by Crippen LogP contribution is 1.90. The van der Waals surface area contributed by atoms with Crippen LogP contribution in [0.25, 0.3) is 0 Å². The van der Waals surface area contributed by atoms with Gasteiger partial charge in [-0.2, -0.15) is 0 Å². The van der Waals surface area contributed by atoms with Gasteiger partial charge in [0.05, 0.1) is 0 Å². The third-order valence-electron chi connectivity index (χ3n) is 0.906. The Kier molecular flexibility index (Phi) is 4.36. The standard InChI is InChI=1S/C6H13N2/c1-6(8-3)4-5-7-2/h5,7-8H,1,4H2,2-3H3. The molecule has 0 aromatic heterocycles. The van der Waals surface area contributed by atoms with Crippen molar-refractivity contribution in [2.24, 2.45) is 0 Å². The molecule has 0 aliphatic carbocycles. The van der Waals surface area contributed by atoms with E-state index in [-0.39, 0.29) is 0 Å². The maximum absolute atomic E-state index is 3.73. The lowest BCUT2D eigenvalue weighted by Crippen LogP contribution is -2.08. The lowest BCUT2D eigenvalue weighted by Gasteiger charge is -2.00. The molecular formula is C6H13N2. The Balaban J connectivity index is 2.99. The Morgan fingerprint density at radius 1 is 1.62 bits per heavy atom. The molecule has 2 N–H and O–H groups in total. The lowest BCUT2D eigenvalue weighted by atomic mass is 10.3. The number of nitrogens with one attached hydrogen (secondary N) is 2. The molecule has 1 radical (unpaired) electrons. The Hall–Kier alpha value is -0.500. The molecule has 2 nitrogen and oxygen atoms in total. The minimum Gasteiger partial charge on any atom is -0.392 e. The molecule has 0 heterocycles. The molecule has 8 heavy (non-hydrogen) atoms. The molecule has 0 aliphatic rings. The molecule has 0 aromatic rings. The molecule has 47 valence electrons. The average molecular weight is 113 g/mol. The Bertz CT molecular complexity index is 68.9. The topological polar surface area (TPSA) is 24.1 Å². The van der Waals surface area contributed by atoms with E-state index in [2.05, 4.69) is 17.2 Å². The molecule has 0 rings (SSSR count). The maximum atomic E-state index is 3.73. The molecule has 0 saturated heterocycles. The van der Waals surface area contributed by atoms with Crippen LogP contribution in [0.4, 0.5) is 0 Å². The normalized spacial score (nSPS) is 8.75. The summed E-state index contributed by atoms with van der Waals surface area (Å²) in [6.45, 7) is 5.67. The van der Waals surface area contributed by atoms with E-state index in [1.165, 1.54) is 0 Å². The van der Waals surface area contributed by atoms with Crippen LogP contribution in [-0.4, -0.2) is 14.1 Å². The Morgan fingerprint density at radius 2 is 2.25 bits per heavy atom. The lowest BCUT2D eigenvalue weighted by molar-refractivity contribution is 0.843. The van der Waals surface area contributed by atoms with Gasteiger partial charge < -0.3 is 10.6 Å². The number of hydrogen-bond acceptors (Lipinski definition) is 2. The largest absolute Gasteiger partial charge is 0.392 e. The highest BCUT2D eigenvalue weighted by molar-refractivity contribution is 4.93. The molecule has 0 aromatic carbocycles. The van der Waals surface area contributed by atoms with Crippen LogP contribution in [0.3, 0.4) is 0 Å². The maximum Gasteiger partial charge on any atom is 0.0276 e. The zero-order chi connectivity index (χ0) is 6.41. The van der Waals surface area contributed by atoms with Crippen molar-refractivity contribution in [3.05, 3.63) is 18.8 Å². The molecule has 0 atom stereocenters. The first-order chi connectivity index (χ1) is 3.81. The van der Waals surface area contributed by atoms with Gasteiger partial charge in [-0.15, -0.1) is 0 Å². The van der Waals surface area contributed by atoms with Crippen LogP contribution >= 0.6 is 0 Å². The highest BCUT2D eigenvalue weighted by atomic mass is 14.9. The van der Waals surface area contributed by atoms with Crippen LogP contribution in [-0.2, 0) is 0 Å². The monoisotopic (exact) mass is 113 g/mol. The van der Waals surface area contributed by atoms with Crippen LogP contribution in [0.2, 0.25) is 0 Å². The van der Waals surface area contributed by atoms with Gasteiger partial charge in [-0.25, -0.2) is 0 Å². The number of rotatable bonds is 4. The van der Waals surface area contributed by atoms with Crippen LogP contribution < -0.4 is 10.6 Å². The first kappa shape index (κ1) is 7.50. The summed E-state index contributed by atoms with van der Waals surface area (Å²) in [4.78, 5) is 0. The van der Waals surface area contributed by atoms with Crippen LogP contribution in [0.1, 0.15) is 6.42 Å². The van der Waals surface area contributed by atoms with Gasteiger partial charge >= 0.3 is 0 Å². The zero-order valence-corrected chi connectivity index (χ0v) is 5.49. The summed E-state index contributed by atoms with van der Waals surface area (Å²) in [7, 11) is 3.74. The zero-order valence-electron chi connectivity index (χ0n) is 5.49. The van der Waals surface area contributed by atoms with Gasteiger partial charge in [0.15, 0.2) is 0 Å². The second-order valence-corrected chi connectivity index (χ2v) is 1.55. The van der Waals surface area contributed by atoms with Gasteiger partial charge in [0.25, 0.3) is 0 Å². The molecule has 0 aliphatic heterocycles. The quantitative estimate of drug-likeness (QED) is 0.554. The highest BCUT2D eigenvalue weighted by Gasteiger charge is 1.85. The van der Waals surface area contributed by atoms with Crippen molar-refractivity contribution in [1.29, 1.82) is 0 Å². The smallest absolute Gasteiger partial charge is 0.0276 e. The van der Waals surface area contributed by atoms with Crippen LogP contribution in [0, 0.1) is 6.54 Å². The van der Waals surface area contributed by atoms with E-state index in [0.717, 1.165) is 12.1 Å². The third kappa shape index (κ3) is 3.68. The van der Waals surface area contributed by atoms with E-state index in [0.29, 0.717) is 0 Å². The van der Waals surface area contributed by atoms with Gasteiger partial charge in [-0.3, -0.25) is 0 Å².